The number of nitrogens with one attached hydrogen (secondary N) is 2. The number of carbonyl (C=O) groups is 2. The van der Waals surface area contributed by atoms with E-state index in [1.807, 2.05) is 18.2 Å². The first-order chi connectivity index (χ1) is 9.02. The summed E-state index contributed by atoms with van der Waals surface area (Å²) in [5.74, 6) is -0.259. The summed E-state index contributed by atoms with van der Waals surface area (Å²) < 4.78 is 0. The quantitative estimate of drug-likeness (QED) is 0.658. The molecule has 0 spiro atoms. The summed E-state index contributed by atoms with van der Waals surface area (Å²) in [7, 11) is 3.30. The molecule has 19 heavy (non-hydrogen) atoms. The molecule has 3 amide bonds. The van der Waals surface area contributed by atoms with Crippen molar-refractivity contribution in [3.05, 3.63) is 35.9 Å². The second-order valence-electron chi connectivity index (χ2n) is 4.31. The van der Waals surface area contributed by atoms with E-state index in [4.69, 9.17) is 5.73 Å². The number of hydrogen-bond donors (Lipinski definition) is 3. The SMILES string of the molecule is CN(C)C(=O)NCCNC(=O)[C@H](N)c1ccccc1. The topological polar surface area (TPSA) is 87.5 Å². The van der Waals surface area contributed by atoms with Crippen molar-refractivity contribution in [1.82, 2.24) is 15.5 Å². The van der Waals surface area contributed by atoms with Gasteiger partial charge in [-0.15, -0.1) is 0 Å². The third-order valence-electron chi connectivity index (χ3n) is 2.55. The molecule has 0 aliphatic carbocycles. The molecule has 4 N–H and O–H groups in total. The molecule has 104 valence electrons. The third-order valence-corrected chi connectivity index (χ3v) is 2.55. The molecule has 1 rings (SSSR count). The summed E-state index contributed by atoms with van der Waals surface area (Å²) in [5.41, 5.74) is 6.58. The molecule has 0 radical (unpaired) electrons. The molecule has 0 fully saturated rings. The maximum Gasteiger partial charge on any atom is 0.316 e. The van der Waals surface area contributed by atoms with Crippen LogP contribution >= 0.6 is 0 Å². The fourth-order valence-electron chi connectivity index (χ4n) is 1.43. The minimum absolute atomic E-state index is 0.193. The summed E-state index contributed by atoms with van der Waals surface area (Å²) in [6.45, 7) is 0.712. The molecule has 1 aromatic carbocycles. The second kappa shape index (κ2) is 7.38. The van der Waals surface area contributed by atoms with Gasteiger partial charge in [-0.3, -0.25) is 4.79 Å². The molecule has 1 aromatic rings. The number of nitrogens with two attached hydrogens (primary N) is 1. The van der Waals surface area contributed by atoms with Crippen LogP contribution in [-0.2, 0) is 4.79 Å². The number of hydrogen-bond acceptors (Lipinski definition) is 3. The lowest BCUT2D eigenvalue weighted by Gasteiger charge is -2.14. The molecule has 0 aromatic heterocycles. The lowest BCUT2D eigenvalue weighted by Crippen LogP contribution is -2.41. The molecule has 0 saturated carbocycles. The average molecular weight is 264 g/mol. The third kappa shape index (κ3) is 4.97. The highest BCUT2D eigenvalue weighted by Gasteiger charge is 2.14. The first-order valence-electron chi connectivity index (χ1n) is 6.05. The largest absolute Gasteiger partial charge is 0.353 e. The molecule has 6 nitrogen and oxygen atoms in total. The van der Waals surface area contributed by atoms with E-state index < -0.39 is 6.04 Å². The van der Waals surface area contributed by atoms with Crippen LogP contribution in [0.2, 0.25) is 0 Å². The second-order valence-corrected chi connectivity index (χ2v) is 4.31. The van der Waals surface area contributed by atoms with Gasteiger partial charge >= 0.3 is 6.03 Å². The Bertz CT molecular complexity index is 420. The van der Waals surface area contributed by atoms with Gasteiger partial charge < -0.3 is 21.3 Å². The Morgan fingerprint density at radius 2 is 1.74 bits per heavy atom. The normalized spacial score (nSPS) is 11.5. The first-order valence-corrected chi connectivity index (χ1v) is 6.05. The number of amides is 3. The number of nitrogens with zero attached hydrogens (tertiary/aromatic N) is 1. The van der Waals surface area contributed by atoms with Crippen molar-refractivity contribution in [2.45, 2.75) is 6.04 Å². The summed E-state index contributed by atoms with van der Waals surface area (Å²) >= 11 is 0. The van der Waals surface area contributed by atoms with Gasteiger partial charge in [0.05, 0.1) is 0 Å². The molecule has 0 bridgehead atoms. The molecule has 0 aliphatic rings. The Kier molecular flexibility index (Phi) is 5.81. The Morgan fingerprint density at radius 3 is 2.32 bits per heavy atom. The molecular formula is C13H20N4O2. The van der Waals surface area contributed by atoms with Gasteiger partial charge in [0.1, 0.15) is 6.04 Å². The molecule has 6 heteroatoms. The van der Waals surface area contributed by atoms with Crippen LogP contribution in [0, 0.1) is 0 Å². The number of benzene rings is 1. The Morgan fingerprint density at radius 1 is 1.16 bits per heavy atom. The highest BCUT2D eigenvalue weighted by molar-refractivity contribution is 5.83. The lowest BCUT2D eigenvalue weighted by atomic mass is 10.1. The van der Waals surface area contributed by atoms with Crippen LogP contribution in [0.1, 0.15) is 11.6 Å². The monoisotopic (exact) mass is 264 g/mol. The number of rotatable bonds is 5. The molecule has 0 aliphatic heterocycles. The van der Waals surface area contributed by atoms with Crippen LogP contribution in [0.15, 0.2) is 30.3 Å². The fourth-order valence-corrected chi connectivity index (χ4v) is 1.43. The zero-order valence-electron chi connectivity index (χ0n) is 11.2. The Labute approximate surface area is 113 Å². The van der Waals surface area contributed by atoms with Gasteiger partial charge in [-0.05, 0) is 5.56 Å². The number of urea groups is 1. The van der Waals surface area contributed by atoms with Crippen LogP contribution in [-0.4, -0.2) is 44.0 Å². The van der Waals surface area contributed by atoms with E-state index in [0.29, 0.717) is 13.1 Å². The van der Waals surface area contributed by atoms with E-state index in [2.05, 4.69) is 10.6 Å². The Hall–Kier alpha value is -2.08. The van der Waals surface area contributed by atoms with Crippen molar-refractivity contribution in [3.63, 3.8) is 0 Å². The van der Waals surface area contributed by atoms with Gasteiger partial charge in [0.2, 0.25) is 5.91 Å². The van der Waals surface area contributed by atoms with Crippen LogP contribution < -0.4 is 16.4 Å². The van der Waals surface area contributed by atoms with Gasteiger partial charge in [-0.1, -0.05) is 30.3 Å². The van der Waals surface area contributed by atoms with Gasteiger partial charge in [-0.2, -0.15) is 0 Å². The highest BCUT2D eigenvalue weighted by Crippen LogP contribution is 2.08. The Balaban J connectivity index is 2.30. The highest BCUT2D eigenvalue weighted by atomic mass is 16.2. The fraction of sp³-hybridized carbons (Fsp3) is 0.385. The van der Waals surface area contributed by atoms with Crippen LogP contribution in [0.3, 0.4) is 0 Å². The van der Waals surface area contributed by atoms with Crippen molar-refractivity contribution >= 4 is 11.9 Å². The molecule has 0 saturated heterocycles. The van der Waals surface area contributed by atoms with E-state index >= 15 is 0 Å². The minimum Gasteiger partial charge on any atom is -0.353 e. The molecule has 1 atom stereocenters. The smallest absolute Gasteiger partial charge is 0.316 e. The predicted molar refractivity (Wildman–Crippen MR) is 73.5 cm³/mol. The summed E-state index contributed by atoms with van der Waals surface area (Å²) in [6, 6.07) is 8.26. The maximum absolute atomic E-state index is 11.8. The van der Waals surface area contributed by atoms with Crippen molar-refractivity contribution in [3.8, 4) is 0 Å². The number of carbonyl (C=O) groups excluding carboxylic acids is 2. The van der Waals surface area contributed by atoms with E-state index in [1.54, 1.807) is 26.2 Å². The average Bonchev–Trinajstić information content (AvgIpc) is 2.43. The van der Waals surface area contributed by atoms with Gasteiger partial charge in [0, 0.05) is 27.2 Å². The summed E-state index contributed by atoms with van der Waals surface area (Å²) in [4.78, 5) is 24.4. The standard InChI is InChI=1S/C13H20N4O2/c1-17(2)13(19)16-9-8-15-12(18)11(14)10-6-4-3-5-7-10/h3-7,11H,8-9,14H2,1-2H3,(H,15,18)(H,16,19)/t11-/m1/s1. The van der Waals surface area contributed by atoms with Crippen LogP contribution in [0.4, 0.5) is 4.79 Å². The zero-order valence-corrected chi connectivity index (χ0v) is 11.2. The van der Waals surface area contributed by atoms with Gasteiger partial charge in [-0.25, -0.2) is 4.79 Å². The predicted octanol–water partition coefficient (Wildman–Crippen LogP) is 0.0738. The van der Waals surface area contributed by atoms with Crippen molar-refractivity contribution in [1.29, 1.82) is 0 Å². The minimum atomic E-state index is -0.689. The zero-order chi connectivity index (χ0) is 14.3. The molecule has 0 unspecified atom stereocenters. The molecule has 0 heterocycles. The van der Waals surface area contributed by atoms with E-state index in [9.17, 15) is 9.59 Å². The van der Waals surface area contributed by atoms with Crippen molar-refractivity contribution < 1.29 is 9.59 Å². The van der Waals surface area contributed by atoms with E-state index in [0.717, 1.165) is 5.56 Å². The van der Waals surface area contributed by atoms with Crippen LogP contribution in [0.25, 0.3) is 0 Å². The maximum atomic E-state index is 11.8. The summed E-state index contributed by atoms with van der Waals surface area (Å²) in [6.07, 6.45) is 0. The van der Waals surface area contributed by atoms with E-state index in [-0.39, 0.29) is 11.9 Å². The van der Waals surface area contributed by atoms with Crippen molar-refractivity contribution in [2.24, 2.45) is 5.73 Å². The first kappa shape index (κ1) is 15.0. The summed E-state index contributed by atoms with van der Waals surface area (Å²) in [5, 5.41) is 5.33. The van der Waals surface area contributed by atoms with E-state index in [1.165, 1.54) is 4.90 Å². The van der Waals surface area contributed by atoms with Crippen molar-refractivity contribution in [2.75, 3.05) is 27.2 Å². The van der Waals surface area contributed by atoms with Gasteiger partial charge in [0.15, 0.2) is 0 Å². The lowest BCUT2D eigenvalue weighted by molar-refractivity contribution is -0.122. The molecular weight excluding hydrogens is 244 g/mol. The van der Waals surface area contributed by atoms with Crippen LogP contribution in [0.5, 0.6) is 0 Å². The van der Waals surface area contributed by atoms with Gasteiger partial charge in [0.25, 0.3) is 0 Å².